The molecule has 12 nitrogen and oxygen atoms in total. The van der Waals surface area contributed by atoms with Gasteiger partial charge < -0.3 is 49.5 Å². The van der Waals surface area contributed by atoms with Crippen molar-refractivity contribution in [3.05, 3.63) is 60.1 Å². The molecular weight excluding hydrogens is 711 g/mol. The van der Waals surface area contributed by atoms with Gasteiger partial charge in [0.15, 0.2) is 5.82 Å². The Labute approximate surface area is 334 Å². The van der Waals surface area contributed by atoms with Crippen molar-refractivity contribution in [2.24, 2.45) is 11.7 Å². The van der Waals surface area contributed by atoms with Crippen LogP contribution in [0.1, 0.15) is 124 Å². The molecule has 0 aromatic carbocycles. The van der Waals surface area contributed by atoms with Crippen molar-refractivity contribution in [2.75, 3.05) is 12.0 Å². The number of hydrogen-bond donors (Lipinski definition) is 5. The molecule has 5 saturated heterocycles. The summed E-state index contributed by atoms with van der Waals surface area (Å²) >= 11 is 0. The molecule has 0 amide bonds. The summed E-state index contributed by atoms with van der Waals surface area (Å²) in [4.78, 5) is 4.48. The summed E-state index contributed by atoms with van der Waals surface area (Å²) in [6.07, 6.45) is 17.7. The minimum atomic E-state index is -0.929. The number of nitrogens with two attached hydrogens (primary N) is 1. The van der Waals surface area contributed by atoms with E-state index in [2.05, 4.69) is 79.6 Å². The average molecular weight is 780 g/mol. The molecule has 0 saturated carbocycles. The minimum absolute atomic E-state index is 0.0542. The summed E-state index contributed by atoms with van der Waals surface area (Å²) in [6, 6.07) is 0. The second-order valence-corrected chi connectivity index (χ2v) is 18.3. The Balaban J connectivity index is 0.964. The van der Waals surface area contributed by atoms with E-state index in [-0.39, 0.29) is 48.9 Å². The van der Waals surface area contributed by atoms with Crippen LogP contribution in [0.5, 0.6) is 0 Å². The first-order valence-corrected chi connectivity index (χ1v) is 21.3. The van der Waals surface area contributed by atoms with E-state index < -0.39 is 29.0 Å². The predicted octanol–water partition coefficient (Wildman–Crippen LogP) is 6.10. The lowest BCUT2D eigenvalue weighted by Gasteiger charge is -2.49. The molecule has 56 heavy (non-hydrogen) atoms. The van der Waals surface area contributed by atoms with Crippen LogP contribution in [-0.4, -0.2) is 98.2 Å². The number of aromatic nitrogens is 2. The molecule has 312 valence electrons. The third kappa shape index (κ3) is 8.79. The molecule has 0 radical (unpaired) electrons. The van der Waals surface area contributed by atoms with Crippen LogP contribution in [0.15, 0.2) is 54.4 Å². The van der Waals surface area contributed by atoms with E-state index in [1.54, 1.807) is 6.08 Å². The number of aliphatic hydroxyl groups is 2. The maximum atomic E-state index is 11.9. The number of anilines is 1. The summed E-state index contributed by atoms with van der Waals surface area (Å²) in [5.41, 5.74) is 7.59. The fraction of sp³-hybridized carbons (Fsp3) is 0.750. The highest BCUT2D eigenvalue weighted by molar-refractivity contribution is 5.44. The second-order valence-electron chi connectivity index (χ2n) is 18.3. The minimum Gasteiger partial charge on any atom is -0.390 e. The lowest BCUT2D eigenvalue weighted by molar-refractivity contribution is -0.273. The lowest BCUT2D eigenvalue weighted by atomic mass is 9.79. The number of hydrogen-bond acceptors (Lipinski definition) is 11. The zero-order valence-corrected chi connectivity index (χ0v) is 34.6. The van der Waals surface area contributed by atoms with Gasteiger partial charge in [0.25, 0.3) is 0 Å². The van der Waals surface area contributed by atoms with Crippen LogP contribution in [0.25, 0.3) is 0 Å². The molecule has 7 rings (SSSR count). The van der Waals surface area contributed by atoms with Crippen LogP contribution >= 0.6 is 0 Å². The highest BCUT2D eigenvalue weighted by Gasteiger charge is 2.58. The zero-order valence-electron chi connectivity index (χ0n) is 34.6. The molecule has 7 heterocycles. The van der Waals surface area contributed by atoms with Crippen molar-refractivity contribution >= 4 is 5.82 Å². The number of allylic oxidation sites excluding steroid dienone is 7. The molecule has 0 spiro atoms. The van der Waals surface area contributed by atoms with E-state index in [1.165, 1.54) is 11.1 Å². The van der Waals surface area contributed by atoms with Crippen LogP contribution in [0, 0.1) is 5.92 Å². The Hall–Kier alpha value is -2.39. The lowest BCUT2D eigenvalue weighted by Crippen LogP contribution is -2.59. The highest BCUT2D eigenvalue weighted by atomic mass is 16.6. The monoisotopic (exact) mass is 780 g/mol. The maximum Gasteiger partial charge on any atom is 0.151 e. The Kier molecular flexibility index (Phi) is 12.7. The predicted molar refractivity (Wildman–Crippen MR) is 217 cm³/mol. The van der Waals surface area contributed by atoms with Crippen LogP contribution in [0.4, 0.5) is 5.82 Å². The van der Waals surface area contributed by atoms with E-state index in [1.807, 2.05) is 19.3 Å². The van der Waals surface area contributed by atoms with Gasteiger partial charge in [-0.2, -0.15) is 0 Å². The zero-order chi connectivity index (χ0) is 39.8. The summed E-state index contributed by atoms with van der Waals surface area (Å²) in [6.45, 7) is 17.8. The van der Waals surface area contributed by atoms with E-state index in [4.69, 9.17) is 29.4 Å². The normalized spacial score (nSPS) is 43.2. The molecule has 0 aliphatic carbocycles. The van der Waals surface area contributed by atoms with Crippen LogP contribution in [-0.2, 0) is 30.2 Å². The Morgan fingerprint density at radius 1 is 0.982 bits per heavy atom. The number of imidazole rings is 1. The fourth-order valence-corrected chi connectivity index (χ4v) is 10.1. The summed E-state index contributed by atoms with van der Waals surface area (Å²) < 4.78 is 36.6. The van der Waals surface area contributed by atoms with Gasteiger partial charge in [-0.15, -0.1) is 0 Å². The molecule has 14 atom stereocenters. The van der Waals surface area contributed by atoms with Gasteiger partial charge >= 0.3 is 0 Å². The van der Waals surface area contributed by atoms with Gasteiger partial charge in [0.1, 0.15) is 12.3 Å². The van der Waals surface area contributed by atoms with E-state index in [9.17, 15) is 10.2 Å². The van der Waals surface area contributed by atoms with Crippen molar-refractivity contribution in [1.29, 1.82) is 0 Å². The van der Waals surface area contributed by atoms with Crippen LogP contribution < -0.4 is 16.4 Å². The van der Waals surface area contributed by atoms with Gasteiger partial charge in [-0.1, -0.05) is 55.0 Å². The number of rotatable bonds is 10. The average Bonchev–Trinajstić information content (AvgIpc) is 3.42. The van der Waals surface area contributed by atoms with Gasteiger partial charge in [-0.25, -0.2) is 4.98 Å². The maximum absolute atomic E-state index is 11.9. The SMILES string of the molecule is C=C/C=C\CCC1OC2CCC3(C)OC4C(O)CC5(C)OC(CC/C=C(C)/C(C)=C/Cn6cnc7c6C(N)NCN7)C(C)CC5OC4CC3OC2CCC1(C)O. The Morgan fingerprint density at radius 3 is 2.52 bits per heavy atom. The number of ether oxygens (including phenoxy) is 5. The number of nitrogens with one attached hydrogen (secondary N) is 2. The van der Waals surface area contributed by atoms with Crippen molar-refractivity contribution in [2.45, 2.75) is 197 Å². The van der Waals surface area contributed by atoms with Gasteiger partial charge in [0, 0.05) is 19.4 Å². The largest absolute Gasteiger partial charge is 0.390 e. The first-order valence-electron chi connectivity index (χ1n) is 21.3. The molecule has 1 aromatic heterocycles. The summed E-state index contributed by atoms with van der Waals surface area (Å²) in [7, 11) is 0. The summed E-state index contributed by atoms with van der Waals surface area (Å²) in [5.74, 6) is 1.14. The third-order valence-electron chi connectivity index (χ3n) is 13.9. The van der Waals surface area contributed by atoms with Gasteiger partial charge in [0.05, 0.1) is 84.3 Å². The standard InChI is InChI=1S/C44H69N5O7/c1-8-9-10-11-15-35-42(5,51)19-16-32-33(52-35)17-20-43(6)37(53-32)23-34-39(56-43)30(50)24-44(7)36(54-34)22-29(4)31(55-44)14-12-13-27(2)28(3)18-21-49-26-48-41-38(49)40(45)46-25-47-41/h8-10,13,18,26,29-37,39-40,46-47,50-51H,1,11-12,14-17,19-25,45H2,2-7H3/b10-9-,27-13+,28-18+. The van der Waals surface area contributed by atoms with E-state index in [0.29, 0.717) is 38.4 Å². The Bertz CT molecular complexity index is 1630. The molecule has 6 aliphatic rings. The second kappa shape index (κ2) is 17.1. The van der Waals surface area contributed by atoms with E-state index >= 15 is 0 Å². The molecule has 6 aliphatic heterocycles. The molecule has 14 unspecified atom stereocenters. The topological polar surface area (TPSA) is 155 Å². The van der Waals surface area contributed by atoms with Gasteiger partial charge in [-0.05, 0) is 98.3 Å². The molecule has 12 heteroatoms. The van der Waals surface area contributed by atoms with Crippen LogP contribution in [0.3, 0.4) is 0 Å². The number of nitrogens with zero attached hydrogens (tertiary/aromatic N) is 2. The van der Waals surface area contributed by atoms with Gasteiger partial charge in [-0.3, -0.25) is 5.32 Å². The van der Waals surface area contributed by atoms with Crippen LogP contribution in [0.2, 0.25) is 0 Å². The van der Waals surface area contributed by atoms with Crippen molar-refractivity contribution < 1.29 is 33.9 Å². The van der Waals surface area contributed by atoms with Gasteiger partial charge in [0.2, 0.25) is 0 Å². The first kappa shape index (κ1) is 41.8. The van der Waals surface area contributed by atoms with Crippen molar-refractivity contribution in [1.82, 2.24) is 14.9 Å². The Morgan fingerprint density at radius 2 is 1.71 bits per heavy atom. The number of fused-ring (bicyclic) bond motifs is 5. The number of aliphatic hydroxyl groups excluding tert-OH is 1. The molecular formula is C44H69N5O7. The molecule has 6 N–H and O–H groups in total. The van der Waals surface area contributed by atoms with Crippen molar-refractivity contribution in [3.8, 4) is 0 Å². The fourth-order valence-electron chi connectivity index (χ4n) is 10.1. The highest BCUT2D eigenvalue weighted by Crippen LogP contribution is 2.49. The molecule has 5 fully saturated rings. The smallest absolute Gasteiger partial charge is 0.151 e. The van der Waals surface area contributed by atoms with E-state index in [0.717, 1.165) is 62.9 Å². The first-order chi connectivity index (χ1) is 26.7. The molecule has 1 aromatic rings. The van der Waals surface area contributed by atoms with Crippen molar-refractivity contribution in [3.63, 3.8) is 0 Å². The molecule has 0 bridgehead atoms. The summed E-state index contributed by atoms with van der Waals surface area (Å²) in [5, 5.41) is 29.7. The third-order valence-corrected chi connectivity index (χ3v) is 13.9. The quantitative estimate of drug-likeness (QED) is 0.175.